The molecule has 1 amide bonds. The fourth-order valence-corrected chi connectivity index (χ4v) is 4.14. The third kappa shape index (κ3) is 6.69. The van der Waals surface area contributed by atoms with Gasteiger partial charge in [-0.15, -0.1) is 0 Å². The van der Waals surface area contributed by atoms with Gasteiger partial charge in [-0.25, -0.2) is 9.78 Å². The van der Waals surface area contributed by atoms with E-state index in [1.165, 1.54) is 12.0 Å². The van der Waals surface area contributed by atoms with Crippen LogP contribution in [0.1, 0.15) is 63.6 Å². The summed E-state index contributed by atoms with van der Waals surface area (Å²) in [5.74, 6) is 0.681. The normalized spacial score (nSPS) is 21.3. The Kier molecular flexibility index (Phi) is 8.08. The molecule has 1 aliphatic heterocycles. The van der Waals surface area contributed by atoms with Crippen molar-refractivity contribution in [3.05, 3.63) is 23.4 Å². The summed E-state index contributed by atoms with van der Waals surface area (Å²) in [6.07, 6.45) is 7.24. The molecule has 30 heavy (non-hydrogen) atoms. The summed E-state index contributed by atoms with van der Waals surface area (Å²) in [5.41, 5.74) is 2.47. The van der Waals surface area contributed by atoms with E-state index in [2.05, 4.69) is 22.8 Å². The van der Waals surface area contributed by atoms with Gasteiger partial charge in [0.25, 0.3) is 0 Å². The Morgan fingerprint density at radius 1 is 1.33 bits per heavy atom. The highest BCUT2D eigenvalue weighted by Gasteiger charge is 2.30. The molecule has 7 heteroatoms. The van der Waals surface area contributed by atoms with Gasteiger partial charge in [-0.2, -0.15) is 0 Å². The molecule has 0 spiro atoms. The van der Waals surface area contributed by atoms with Gasteiger partial charge in [-0.1, -0.05) is 19.9 Å². The number of carboxylic acid groups (broad SMARTS) is 1. The number of carbonyl (C=O) groups excluding carboxylic acids is 1. The maximum atomic E-state index is 11.8. The standard InChI is InChI=1S/C23H35N3O4/c1-15(2)12-21(27)26-20(23(28)29)9-11-30-19-13-16(14-19)5-7-18-8-6-17-4-3-10-24-22(17)25-18/h6,8,15-16,19-20H,3-5,7,9-14H2,1-2H3,(H,24,25)(H,26,27)(H,28,29)/t16-,19-,20?. The van der Waals surface area contributed by atoms with Crippen LogP contribution in [-0.2, 0) is 27.2 Å². The topological polar surface area (TPSA) is 101 Å². The summed E-state index contributed by atoms with van der Waals surface area (Å²) < 4.78 is 5.84. The van der Waals surface area contributed by atoms with Crippen LogP contribution in [0.15, 0.2) is 12.1 Å². The average Bonchev–Trinajstić information content (AvgIpc) is 2.67. The number of hydrogen-bond acceptors (Lipinski definition) is 5. The van der Waals surface area contributed by atoms with Gasteiger partial charge in [0, 0.05) is 31.7 Å². The molecule has 0 aromatic carbocycles. The van der Waals surface area contributed by atoms with Crippen LogP contribution in [0, 0.1) is 11.8 Å². The molecule has 1 saturated carbocycles. The van der Waals surface area contributed by atoms with Crippen molar-refractivity contribution in [3.8, 4) is 0 Å². The van der Waals surface area contributed by atoms with E-state index in [4.69, 9.17) is 9.72 Å². The fraction of sp³-hybridized carbons (Fsp3) is 0.696. The lowest BCUT2D eigenvalue weighted by molar-refractivity contribution is -0.143. The van der Waals surface area contributed by atoms with Gasteiger partial charge in [-0.3, -0.25) is 4.79 Å². The Morgan fingerprint density at radius 3 is 2.87 bits per heavy atom. The SMILES string of the molecule is CC(C)CC(=O)NC(CCO[C@H]1C[C@H](CCc2ccc3c(n2)NCCC3)C1)C(=O)O. The van der Waals surface area contributed by atoms with Crippen LogP contribution in [0.4, 0.5) is 5.82 Å². The molecule has 166 valence electrons. The lowest BCUT2D eigenvalue weighted by Gasteiger charge is -2.35. The zero-order valence-corrected chi connectivity index (χ0v) is 18.2. The number of fused-ring (bicyclic) bond motifs is 1. The Bertz CT molecular complexity index is 731. The zero-order chi connectivity index (χ0) is 21.5. The van der Waals surface area contributed by atoms with Crippen LogP contribution >= 0.6 is 0 Å². The van der Waals surface area contributed by atoms with Crippen molar-refractivity contribution in [2.45, 2.75) is 77.4 Å². The predicted molar refractivity (Wildman–Crippen MR) is 115 cm³/mol. The molecule has 1 fully saturated rings. The molecule has 1 unspecified atom stereocenters. The van der Waals surface area contributed by atoms with E-state index in [1.807, 2.05) is 13.8 Å². The highest BCUT2D eigenvalue weighted by atomic mass is 16.5. The van der Waals surface area contributed by atoms with Crippen LogP contribution in [0.5, 0.6) is 0 Å². The van der Waals surface area contributed by atoms with Gasteiger partial charge in [0.1, 0.15) is 11.9 Å². The molecule has 0 saturated heterocycles. The van der Waals surface area contributed by atoms with E-state index in [0.717, 1.165) is 50.2 Å². The summed E-state index contributed by atoms with van der Waals surface area (Å²) in [6.45, 7) is 5.23. The van der Waals surface area contributed by atoms with E-state index >= 15 is 0 Å². The first-order valence-corrected chi connectivity index (χ1v) is 11.3. The molecule has 7 nitrogen and oxygen atoms in total. The molecule has 1 aliphatic carbocycles. The molecular formula is C23H35N3O4. The summed E-state index contributed by atoms with van der Waals surface area (Å²) in [7, 11) is 0. The van der Waals surface area contributed by atoms with E-state index in [0.29, 0.717) is 25.4 Å². The smallest absolute Gasteiger partial charge is 0.326 e. The summed E-state index contributed by atoms with van der Waals surface area (Å²) in [5, 5.41) is 15.3. The first-order valence-electron chi connectivity index (χ1n) is 11.3. The molecule has 0 radical (unpaired) electrons. The number of carbonyl (C=O) groups is 2. The number of nitrogens with zero attached hydrogens (tertiary/aromatic N) is 1. The lowest BCUT2D eigenvalue weighted by Crippen LogP contribution is -2.42. The number of hydrogen-bond donors (Lipinski definition) is 3. The predicted octanol–water partition coefficient (Wildman–Crippen LogP) is 3.17. The highest BCUT2D eigenvalue weighted by molar-refractivity contribution is 5.83. The van der Waals surface area contributed by atoms with E-state index in [1.54, 1.807) is 0 Å². The minimum absolute atomic E-state index is 0.203. The maximum Gasteiger partial charge on any atom is 0.326 e. The molecule has 3 rings (SSSR count). The van der Waals surface area contributed by atoms with Crippen LogP contribution < -0.4 is 10.6 Å². The van der Waals surface area contributed by atoms with Gasteiger partial charge < -0.3 is 20.5 Å². The number of carboxylic acids is 1. The maximum absolute atomic E-state index is 11.8. The number of amides is 1. The van der Waals surface area contributed by atoms with Crippen LogP contribution in [0.3, 0.4) is 0 Å². The van der Waals surface area contributed by atoms with Crippen LogP contribution in [0.25, 0.3) is 0 Å². The summed E-state index contributed by atoms with van der Waals surface area (Å²) in [4.78, 5) is 27.9. The van der Waals surface area contributed by atoms with Gasteiger partial charge in [0.05, 0.1) is 6.10 Å². The second-order valence-corrected chi connectivity index (χ2v) is 9.05. The third-order valence-corrected chi connectivity index (χ3v) is 5.94. The number of aliphatic carboxylic acids is 1. The van der Waals surface area contributed by atoms with E-state index in [9.17, 15) is 14.7 Å². The Balaban J connectivity index is 1.31. The number of anilines is 1. The van der Waals surface area contributed by atoms with Gasteiger partial charge >= 0.3 is 5.97 Å². The largest absolute Gasteiger partial charge is 0.480 e. The minimum Gasteiger partial charge on any atom is -0.480 e. The molecule has 2 aliphatic rings. The average molecular weight is 418 g/mol. The monoisotopic (exact) mass is 417 g/mol. The van der Waals surface area contributed by atoms with Crippen molar-refractivity contribution in [2.24, 2.45) is 11.8 Å². The summed E-state index contributed by atoms with van der Waals surface area (Å²) >= 11 is 0. The van der Waals surface area contributed by atoms with Crippen molar-refractivity contribution in [1.82, 2.24) is 10.3 Å². The summed E-state index contributed by atoms with van der Waals surface area (Å²) in [6, 6.07) is 3.48. The van der Waals surface area contributed by atoms with Crippen LogP contribution in [-0.4, -0.2) is 47.3 Å². The number of ether oxygens (including phenoxy) is 1. The van der Waals surface area contributed by atoms with Crippen molar-refractivity contribution >= 4 is 17.7 Å². The Morgan fingerprint density at radius 2 is 2.13 bits per heavy atom. The minimum atomic E-state index is -1.01. The second-order valence-electron chi connectivity index (χ2n) is 9.05. The molecule has 0 bridgehead atoms. The molecule has 2 heterocycles. The van der Waals surface area contributed by atoms with E-state index < -0.39 is 12.0 Å². The van der Waals surface area contributed by atoms with Gasteiger partial charge in [0.15, 0.2) is 0 Å². The number of aromatic nitrogens is 1. The number of pyridine rings is 1. The number of aryl methyl sites for hydroxylation is 2. The highest BCUT2D eigenvalue weighted by Crippen LogP contribution is 2.34. The number of nitrogens with one attached hydrogen (secondary N) is 2. The first kappa shape index (κ1) is 22.5. The van der Waals surface area contributed by atoms with Crippen molar-refractivity contribution in [1.29, 1.82) is 0 Å². The molecular weight excluding hydrogens is 382 g/mol. The molecule has 1 aromatic rings. The van der Waals surface area contributed by atoms with Gasteiger partial charge in [-0.05, 0) is 62.0 Å². The fourth-order valence-electron chi connectivity index (χ4n) is 4.14. The van der Waals surface area contributed by atoms with Crippen molar-refractivity contribution in [3.63, 3.8) is 0 Å². The molecule has 1 atom stereocenters. The molecule has 1 aromatic heterocycles. The first-order chi connectivity index (χ1) is 14.4. The van der Waals surface area contributed by atoms with Gasteiger partial charge in [0.2, 0.25) is 5.91 Å². The number of rotatable bonds is 11. The van der Waals surface area contributed by atoms with E-state index in [-0.39, 0.29) is 17.9 Å². The zero-order valence-electron chi connectivity index (χ0n) is 18.2. The lowest BCUT2D eigenvalue weighted by atomic mass is 9.79. The molecule has 3 N–H and O–H groups in total. The van der Waals surface area contributed by atoms with Crippen LogP contribution in [0.2, 0.25) is 0 Å². The van der Waals surface area contributed by atoms with Crippen molar-refractivity contribution < 1.29 is 19.4 Å². The Labute approximate surface area is 179 Å². The third-order valence-electron chi connectivity index (χ3n) is 5.94. The van der Waals surface area contributed by atoms with Crippen molar-refractivity contribution in [2.75, 3.05) is 18.5 Å². The second kappa shape index (κ2) is 10.8. The quantitative estimate of drug-likeness (QED) is 0.511. The Hall–Kier alpha value is -2.15.